The molecule has 2 amide bonds. The van der Waals surface area contributed by atoms with E-state index in [9.17, 15) is 4.79 Å². The largest absolute Gasteiger partial charge is 0.371 e. The first-order valence-corrected chi connectivity index (χ1v) is 8.40. The Labute approximate surface area is 146 Å². The lowest BCUT2D eigenvalue weighted by Crippen LogP contribution is -2.40. The second-order valence-corrected chi connectivity index (χ2v) is 6.53. The summed E-state index contributed by atoms with van der Waals surface area (Å²) in [4.78, 5) is 12.3. The molecule has 128 valence electrons. The summed E-state index contributed by atoms with van der Waals surface area (Å²) in [6.07, 6.45) is 2.28. The Morgan fingerprint density at radius 1 is 1.33 bits per heavy atom. The number of amides is 2. The van der Waals surface area contributed by atoms with Crippen LogP contribution < -0.4 is 10.6 Å². The summed E-state index contributed by atoms with van der Waals surface area (Å²) in [5, 5.41) is 10.7. The first-order valence-electron chi connectivity index (χ1n) is 8.02. The minimum absolute atomic E-state index is 0.0819. The van der Waals surface area contributed by atoms with E-state index in [1.807, 2.05) is 38.1 Å². The van der Waals surface area contributed by atoms with Crippen LogP contribution in [0.1, 0.15) is 38.0 Å². The number of aromatic nitrogens is 2. The van der Waals surface area contributed by atoms with Crippen molar-refractivity contribution in [2.75, 3.05) is 11.9 Å². The zero-order valence-corrected chi connectivity index (χ0v) is 14.5. The maximum absolute atomic E-state index is 12.3. The number of rotatable bonds is 4. The van der Waals surface area contributed by atoms with Crippen LogP contribution >= 0.6 is 11.6 Å². The number of anilines is 1. The number of hydrogen-bond donors (Lipinski definition) is 2. The molecule has 0 radical (unpaired) electrons. The SMILES string of the molecule is CC(C)n1nccc1NC(=O)N[C@@H]1CCO[C@H]1c1ccc(Cl)cc1. The zero-order chi connectivity index (χ0) is 17.1. The smallest absolute Gasteiger partial charge is 0.320 e. The predicted molar refractivity (Wildman–Crippen MR) is 93.3 cm³/mol. The Morgan fingerprint density at radius 2 is 2.08 bits per heavy atom. The summed E-state index contributed by atoms with van der Waals surface area (Å²) in [5.74, 6) is 0.671. The molecule has 2 atom stereocenters. The van der Waals surface area contributed by atoms with Crippen LogP contribution in [0.5, 0.6) is 0 Å². The molecule has 1 aliphatic heterocycles. The Hall–Kier alpha value is -2.05. The number of nitrogens with one attached hydrogen (secondary N) is 2. The normalized spacial score (nSPS) is 20.3. The van der Waals surface area contributed by atoms with Crippen LogP contribution in [0.4, 0.5) is 10.6 Å². The number of benzene rings is 1. The van der Waals surface area contributed by atoms with Crippen LogP contribution in [0, 0.1) is 0 Å². The van der Waals surface area contributed by atoms with E-state index in [1.165, 1.54) is 0 Å². The highest BCUT2D eigenvalue weighted by atomic mass is 35.5. The molecule has 1 aromatic heterocycles. The molecule has 0 spiro atoms. The van der Waals surface area contributed by atoms with E-state index in [0.29, 0.717) is 17.4 Å². The Morgan fingerprint density at radius 3 is 2.79 bits per heavy atom. The van der Waals surface area contributed by atoms with Crippen molar-refractivity contribution >= 4 is 23.4 Å². The van der Waals surface area contributed by atoms with Crippen LogP contribution in [0.3, 0.4) is 0 Å². The monoisotopic (exact) mass is 348 g/mol. The number of urea groups is 1. The summed E-state index contributed by atoms with van der Waals surface area (Å²) in [6.45, 7) is 4.64. The molecule has 2 heterocycles. The molecular formula is C17H21ClN4O2. The Balaban J connectivity index is 1.65. The summed E-state index contributed by atoms with van der Waals surface area (Å²) < 4.78 is 7.55. The van der Waals surface area contributed by atoms with Crippen molar-refractivity contribution in [1.82, 2.24) is 15.1 Å². The minimum atomic E-state index is -0.258. The summed E-state index contributed by atoms with van der Waals surface area (Å²) in [6, 6.07) is 9.13. The van der Waals surface area contributed by atoms with Gasteiger partial charge in [0.15, 0.2) is 0 Å². The fourth-order valence-corrected chi connectivity index (χ4v) is 2.99. The van der Waals surface area contributed by atoms with Gasteiger partial charge in [0, 0.05) is 23.7 Å². The summed E-state index contributed by atoms with van der Waals surface area (Å²) in [7, 11) is 0. The van der Waals surface area contributed by atoms with Gasteiger partial charge in [0.1, 0.15) is 11.9 Å². The van der Waals surface area contributed by atoms with Gasteiger partial charge >= 0.3 is 6.03 Å². The van der Waals surface area contributed by atoms with Gasteiger partial charge < -0.3 is 10.1 Å². The van der Waals surface area contributed by atoms with Crippen molar-refractivity contribution in [1.29, 1.82) is 0 Å². The number of carbonyl (C=O) groups excluding carboxylic acids is 1. The van der Waals surface area contributed by atoms with E-state index in [2.05, 4.69) is 15.7 Å². The molecule has 0 aliphatic carbocycles. The summed E-state index contributed by atoms with van der Waals surface area (Å²) in [5.41, 5.74) is 1.01. The number of carbonyl (C=O) groups is 1. The van der Waals surface area contributed by atoms with E-state index in [0.717, 1.165) is 12.0 Å². The molecular weight excluding hydrogens is 328 g/mol. The number of hydrogen-bond acceptors (Lipinski definition) is 3. The lowest BCUT2D eigenvalue weighted by Gasteiger charge is -2.21. The van der Waals surface area contributed by atoms with Crippen molar-refractivity contribution in [3.63, 3.8) is 0 Å². The zero-order valence-electron chi connectivity index (χ0n) is 13.7. The average molecular weight is 349 g/mol. The van der Waals surface area contributed by atoms with Crippen LogP contribution in [-0.4, -0.2) is 28.5 Å². The van der Waals surface area contributed by atoms with E-state index < -0.39 is 0 Å². The standard InChI is InChI=1S/C17H21ClN4O2/c1-11(2)22-15(7-9-19-22)21-17(23)20-14-8-10-24-16(14)12-3-5-13(18)6-4-12/h3-7,9,11,14,16H,8,10H2,1-2H3,(H2,20,21,23)/t14-,16+/m1/s1. The molecule has 0 unspecified atom stereocenters. The molecule has 1 fully saturated rings. The van der Waals surface area contributed by atoms with Gasteiger partial charge in [0.05, 0.1) is 12.2 Å². The molecule has 7 heteroatoms. The second kappa shape index (κ2) is 7.23. The van der Waals surface area contributed by atoms with E-state index in [1.54, 1.807) is 16.9 Å². The van der Waals surface area contributed by atoms with E-state index in [4.69, 9.17) is 16.3 Å². The van der Waals surface area contributed by atoms with Crippen molar-refractivity contribution in [3.05, 3.63) is 47.1 Å². The quantitative estimate of drug-likeness (QED) is 0.883. The van der Waals surface area contributed by atoms with Gasteiger partial charge in [0.25, 0.3) is 0 Å². The molecule has 0 bridgehead atoms. The highest BCUT2D eigenvalue weighted by molar-refractivity contribution is 6.30. The molecule has 24 heavy (non-hydrogen) atoms. The first-order chi connectivity index (χ1) is 11.5. The number of nitrogens with zero attached hydrogens (tertiary/aromatic N) is 2. The topological polar surface area (TPSA) is 68.2 Å². The fourth-order valence-electron chi connectivity index (χ4n) is 2.86. The second-order valence-electron chi connectivity index (χ2n) is 6.09. The maximum Gasteiger partial charge on any atom is 0.320 e. The Kier molecular flexibility index (Phi) is 5.06. The van der Waals surface area contributed by atoms with Crippen molar-refractivity contribution < 1.29 is 9.53 Å². The molecule has 1 saturated heterocycles. The molecule has 1 aromatic carbocycles. The van der Waals surface area contributed by atoms with Crippen LogP contribution in [0.15, 0.2) is 36.5 Å². The number of halogens is 1. The third-order valence-corrected chi connectivity index (χ3v) is 4.26. The minimum Gasteiger partial charge on any atom is -0.371 e. The lowest BCUT2D eigenvalue weighted by molar-refractivity contribution is 0.100. The van der Waals surface area contributed by atoms with Gasteiger partial charge in [-0.1, -0.05) is 23.7 Å². The van der Waals surface area contributed by atoms with Crippen molar-refractivity contribution in [2.45, 2.75) is 38.5 Å². The Bertz CT molecular complexity index is 699. The highest BCUT2D eigenvalue weighted by Gasteiger charge is 2.31. The highest BCUT2D eigenvalue weighted by Crippen LogP contribution is 2.30. The van der Waals surface area contributed by atoms with Crippen LogP contribution in [0.2, 0.25) is 5.02 Å². The first kappa shape index (κ1) is 16.8. The van der Waals surface area contributed by atoms with Crippen LogP contribution in [-0.2, 0) is 4.74 Å². The van der Waals surface area contributed by atoms with Gasteiger partial charge in [-0.25, -0.2) is 9.48 Å². The molecule has 6 nitrogen and oxygen atoms in total. The molecule has 2 aromatic rings. The van der Waals surface area contributed by atoms with Crippen molar-refractivity contribution in [2.24, 2.45) is 0 Å². The number of ether oxygens (including phenoxy) is 1. The third kappa shape index (κ3) is 3.71. The third-order valence-electron chi connectivity index (χ3n) is 4.01. The summed E-state index contributed by atoms with van der Waals surface area (Å²) >= 11 is 5.93. The van der Waals surface area contributed by atoms with Gasteiger partial charge in [-0.3, -0.25) is 5.32 Å². The van der Waals surface area contributed by atoms with Gasteiger partial charge in [-0.15, -0.1) is 0 Å². The predicted octanol–water partition coefficient (Wildman–Crippen LogP) is 3.77. The molecule has 2 N–H and O–H groups in total. The van der Waals surface area contributed by atoms with Crippen molar-refractivity contribution in [3.8, 4) is 0 Å². The lowest BCUT2D eigenvalue weighted by atomic mass is 10.0. The van der Waals surface area contributed by atoms with E-state index in [-0.39, 0.29) is 24.2 Å². The van der Waals surface area contributed by atoms with Gasteiger partial charge in [-0.2, -0.15) is 5.10 Å². The van der Waals surface area contributed by atoms with Crippen LogP contribution in [0.25, 0.3) is 0 Å². The van der Waals surface area contributed by atoms with Gasteiger partial charge in [0.2, 0.25) is 0 Å². The molecule has 1 aliphatic rings. The maximum atomic E-state index is 12.3. The average Bonchev–Trinajstić information content (AvgIpc) is 3.17. The van der Waals surface area contributed by atoms with Gasteiger partial charge in [-0.05, 0) is 38.0 Å². The molecule has 3 rings (SSSR count). The molecule has 0 saturated carbocycles. The fraction of sp³-hybridized carbons (Fsp3) is 0.412. The van der Waals surface area contributed by atoms with E-state index >= 15 is 0 Å².